The molecular formula is C14H20N2O3. The summed E-state index contributed by atoms with van der Waals surface area (Å²) in [5, 5.41) is 9.02. The van der Waals surface area contributed by atoms with Crippen LogP contribution in [0.3, 0.4) is 0 Å². The van der Waals surface area contributed by atoms with E-state index in [2.05, 4.69) is 18.8 Å². The minimum Gasteiger partial charge on any atom is -0.478 e. The number of nitrogens with zero attached hydrogens (tertiary/aromatic N) is 1. The smallest absolute Gasteiger partial charge is 0.338 e. The summed E-state index contributed by atoms with van der Waals surface area (Å²) < 4.78 is 5.82. The quantitative estimate of drug-likeness (QED) is 0.876. The van der Waals surface area contributed by atoms with E-state index in [1.165, 1.54) is 18.7 Å². The Bertz CT molecular complexity index is 466. The van der Waals surface area contributed by atoms with E-state index in [0.29, 0.717) is 11.8 Å². The van der Waals surface area contributed by atoms with Crippen LogP contribution in [0.2, 0.25) is 0 Å². The van der Waals surface area contributed by atoms with Crippen LogP contribution in [-0.4, -0.2) is 22.2 Å². The van der Waals surface area contributed by atoms with Gasteiger partial charge in [0.05, 0.1) is 5.56 Å². The van der Waals surface area contributed by atoms with Gasteiger partial charge in [0.1, 0.15) is 11.8 Å². The van der Waals surface area contributed by atoms with Gasteiger partial charge in [0.2, 0.25) is 5.88 Å². The second-order valence-electron chi connectivity index (χ2n) is 5.54. The number of pyridine rings is 1. The predicted octanol–water partition coefficient (Wildman–Crippen LogP) is 2.57. The van der Waals surface area contributed by atoms with E-state index in [1.54, 1.807) is 0 Å². The molecule has 1 aromatic rings. The first-order valence-electron chi connectivity index (χ1n) is 6.61. The molecule has 1 saturated carbocycles. The first-order chi connectivity index (χ1) is 8.97. The molecule has 1 aliphatic rings. The van der Waals surface area contributed by atoms with Crippen LogP contribution >= 0.6 is 0 Å². The maximum atomic E-state index is 11.0. The van der Waals surface area contributed by atoms with Crippen molar-refractivity contribution >= 4 is 11.7 Å². The monoisotopic (exact) mass is 264 g/mol. The number of nitrogen functional groups attached to an aromatic ring is 1. The third kappa shape index (κ3) is 3.16. The molecule has 19 heavy (non-hydrogen) atoms. The minimum absolute atomic E-state index is 0.0434. The second-order valence-corrected chi connectivity index (χ2v) is 5.54. The maximum absolute atomic E-state index is 11.0. The molecule has 0 spiro atoms. The lowest BCUT2D eigenvalue weighted by molar-refractivity contribution is 0.0694. The summed E-state index contributed by atoms with van der Waals surface area (Å²) in [4.78, 5) is 15.1. The number of hydrogen-bond acceptors (Lipinski definition) is 4. The number of carboxylic acid groups (broad SMARTS) is 1. The zero-order valence-corrected chi connectivity index (χ0v) is 11.3. The van der Waals surface area contributed by atoms with Crippen molar-refractivity contribution in [3.63, 3.8) is 0 Å². The van der Waals surface area contributed by atoms with Crippen molar-refractivity contribution < 1.29 is 14.6 Å². The highest BCUT2D eigenvalue weighted by molar-refractivity contribution is 5.94. The summed E-state index contributed by atoms with van der Waals surface area (Å²) in [6.07, 6.45) is 4.62. The highest BCUT2D eigenvalue weighted by Crippen LogP contribution is 2.32. The van der Waals surface area contributed by atoms with E-state index >= 15 is 0 Å². The van der Waals surface area contributed by atoms with Crippen LogP contribution in [0.15, 0.2) is 12.3 Å². The molecule has 1 aromatic heterocycles. The molecule has 0 amide bonds. The third-order valence-electron chi connectivity index (χ3n) is 3.60. The first-order valence-corrected chi connectivity index (χ1v) is 6.61. The highest BCUT2D eigenvalue weighted by Gasteiger charge is 2.26. The van der Waals surface area contributed by atoms with Crippen molar-refractivity contribution in [3.8, 4) is 5.88 Å². The van der Waals surface area contributed by atoms with Gasteiger partial charge in [0.15, 0.2) is 0 Å². The van der Waals surface area contributed by atoms with Crippen molar-refractivity contribution in [1.29, 1.82) is 0 Å². The van der Waals surface area contributed by atoms with Gasteiger partial charge in [-0.15, -0.1) is 0 Å². The molecule has 5 heteroatoms. The molecule has 0 aromatic carbocycles. The Labute approximate surface area is 112 Å². The number of rotatable bonds is 3. The lowest BCUT2D eigenvalue weighted by Crippen LogP contribution is -2.29. The van der Waals surface area contributed by atoms with Gasteiger partial charge in [-0.25, -0.2) is 9.78 Å². The SMILES string of the molecule is CC1CC(C)CC(Oc2nccc(C(=O)O)c2N)C1. The molecule has 0 bridgehead atoms. The molecule has 2 rings (SSSR count). The van der Waals surface area contributed by atoms with E-state index in [0.717, 1.165) is 12.8 Å². The number of carboxylic acids is 1. The van der Waals surface area contributed by atoms with E-state index < -0.39 is 5.97 Å². The van der Waals surface area contributed by atoms with Crippen molar-refractivity contribution in [3.05, 3.63) is 17.8 Å². The van der Waals surface area contributed by atoms with Gasteiger partial charge in [-0.2, -0.15) is 0 Å². The van der Waals surface area contributed by atoms with Gasteiger partial charge >= 0.3 is 5.97 Å². The molecule has 0 radical (unpaired) electrons. The topological polar surface area (TPSA) is 85.4 Å². The maximum Gasteiger partial charge on any atom is 0.338 e. The van der Waals surface area contributed by atoms with Crippen LogP contribution in [0.4, 0.5) is 5.69 Å². The Morgan fingerprint density at radius 1 is 1.37 bits per heavy atom. The van der Waals surface area contributed by atoms with Crippen LogP contribution in [-0.2, 0) is 0 Å². The number of ether oxygens (including phenoxy) is 1. The van der Waals surface area contributed by atoms with Gasteiger partial charge in [0, 0.05) is 6.20 Å². The van der Waals surface area contributed by atoms with Crippen molar-refractivity contribution in [1.82, 2.24) is 4.98 Å². The lowest BCUT2D eigenvalue weighted by atomic mass is 9.82. The van der Waals surface area contributed by atoms with Crippen LogP contribution in [0.25, 0.3) is 0 Å². The van der Waals surface area contributed by atoms with E-state index in [4.69, 9.17) is 15.6 Å². The Kier molecular flexibility index (Phi) is 3.93. The van der Waals surface area contributed by atoms with Gasteiger partial charge in [0.25, 0.3) is 0 Å². The summed E-state index contributed by atoms with van der Waals surface area (Å²) >= 11 is 0. The third-order valence-corrected chi connectivity index (χ3v) is 3.60. The second kappa shape index (κ2) is 5.47. The van der Waals surface area contributed by atoms with Crippen LogP contribution in [0, 0.1) is 11.8 Å². The predicted molar refractivity (Wildman–Crippen MR) is 72.2 cm³/mol. The minimum atomic E-state index is -1.06. The van der Waals surface area contributed by atoms with Crippen LogP contribution < -0.4 is 10.5 Å². The number of nitrogens with two attached hydrogens (primary N) is 1. The number of hydrogen-bond donors (Lipinski definition) is 2. The molecule has 2 atom stereocenters. The van der Waals surface area contributed by atoms with Crippen molar-refractivity contribution in [2.45, 2.75) is 39.2 Å². The molecule has 104 valence electrons. The molecule has 0 aliphatic heterocycles. The fraction of sp³-hybridized carbons (Fsp3) is 0.571. The summed E-state index contributed by atoms with van der Waals surface area (Å²) in [6, 6.07) is 1.39. The number of aromatic carboxylic acids is 1. The number of anilines is 1. The van der Waals surface area contributed by atoms with E-state index in [-0.39, 0.29) is 23.2 Å². The van der Waals surface area contributed by atoms with Crippen LogP contribution in [0.1, 0.15) is 43.5 Å². The number of aromatic nitrogens is 1. The number of carbonyl (C=O) groups is 1. The van der Waals surface area contributed by atoms with Crippen LogP contribution in [0.5, 0.6) is 5.88 Å². The van der Waals surface area contributed by atoms with Gasteiger partial charge in [-0.05, 0) is 37.2 Å². The molecule has 1 aliphatic carbocycles. The fourth-order valence-electron chi connectivity index (χ4n) is 2.86. The summed E-state index contributed by atoms with van der Waals surface area (Å²) in [5.41, 5.74) is 5.96. The van der Waals surface area contributed by atoms with Gasteiger partial charge < -0.3 is 15.6 Å². The Morgan fingerprint density at radius 2 is 2.00 bits per heavy atom. The summed E-state index contributed by atoms with van der Waals surface area (Å²) in [5.74, 6) is 0.400. The van der Waals surface area contributed by atoms with E-state index in [9.17, 15) is 4.79 Å². The average Bonchev–Trinajstić information content (AvgIpc) is 2.30. The van der Waals surface area contributed by atoms with E-state index in [1.807, 2.05) is 0 Å². The standard InChI is InChI=1S/C14H20N2O3/c1-8-5-9(2)7-10(6-8)19-13-12(15)11(14(17)18)3-4-16-13/h3-4,8-10H,5-7,15H2,1-2H3,(H,17,18). The zero-order chi connectivity index (χ0) is 14.0. The largest absolute Gasteiger partial charge is 0.478 e. The Hall–Kier alpha value is -1.78. The molecule has 3 N–H and O–H groups in total. The Morgan fingerprint density at radius 3 is 2.58 bits per heavy atom. The lowest BCUT2D eigenvalue weighted by Gasteiger charge is -2.31. The molecule has 1 fully saturated rings. The van der Waals surface area contributed by atoms with Gasteiger partial charge in [-0.3, -0.25) is 0 Å². The summed E-state index contributed by atoms with van der Waals surface area (Å²) in [6.45, 7) is 4.41. The average molecular weight is 264 g/mol. The van der Waals surface area contributed by atoms with Crippen molar-refractivity contribution in [2.24, 2.45) is 11.8 Å². The molecule has 5 nitrogen and oxygen atoms in total. The van der Waals surface area contributed by atoms with Crippen molar-refractivity contribution in [2.75, 3.05) is 5.73 Å². The molecule has 2 unspecified atom stereocenters. The van der Waals surface area contributed by atoms with Gasteiger partial charge in [-0.1, -0.05) is 13.8 Å². The molecular weight excluding hydrogens is 244 g/mol. The normalized spacial score (nSPS) is 26.9. The summed E-state index contributed by atoms with van der Waals surface area (Å²) in [7, 11) is 0. The Balaban J connectivity index is 2.15. The molecule has 0 saturated heterocycles. The zero-order valence-electron chi connectivity index (χ0n) is 11.3. The first kappa shape index (κ1) is 13.6. The molecule has 1 heterocycles. The fourth-order valence-corrected chi connectivity index (χ4v) is 2.86. The highest BCUT2D eigenvalue weighted by atomic mass is 16.5.